The van der Waals surface area contributed by atoms with E-state index in [4.69, 9.17) is 10.5 Å². The molecule has 0 aliphatic heterocycles. The van der Waals surface area contributed by atoms with Gasteiger partial charge in [-0.05, 0) is 19.8 Å². The van der Waals surface area contributed by atoms with E-state index in [0.29, 0.717) is 18.6 Å². The molecule has 0 saturated heterocycles. The van der Waals surface area contributed by atoms with Crippen LogP contribution in [0, 0.1) is 6.92 Å². The first-order valence-corrected chi connectivity index (χ1v) is 7.89. The fourth-order valence-electron chi connectivity index (χ4n) is 2.88. The van der Waals surface area contributed by atoms with E-state index in [1.54, 1.807) is 7.11 Å². The van der Waals surface area contributed by atoms with Crippen molar-refractivity contribution in [2.24, 2.45) is 5.73 Å². The number of aromatic amines is 1. The fraction of sp³-hybridized carbons (Fsp3) is 0.562. The van der Waals surface area contributed by atoms with Crippen molar-refractivity contribution in [1.29, 1.82) is 0 Å². The highest BCUT2D eigenvalue weighted by Gasteiger charge is 2.29. The first-order chi connectivity index (χ1) is 11.1. The van der Waals surface area contributed by atoms with Crippen molar-refractivity contribution in [2.75, 3.05) is 19.1 Å². The number of methoxy groups -OCH3 is 1. The highest BCUT2D eigenvalue weighted by molar-refractivity contribution is 5.85. The second kappa shape index (κ2) is 9.33. The molecular formula is C16H26Cl2N6O. The van der Waals surface area contributed by atoms with E-state index in [0.717, 1.165) is 48.0 Å². The zero-order chi connectivity index (χ0) is 16.4. The highest BCUT2D eigenvalue weighted by atomic mass is 35.5. The predicted octanol–water partition coefficient (Wildman–Crippen LogP) is 2.34. The monoisotopic (exact) mass is 388 g/mol. The summed E-state index contributed by atoms with van der Waals surface area (Å²) >= 11 is 0. The minimum atomic E-state index is 0. The summed E-state index contributed by atoms with van der Waals surface area (Å²) in [5.41, 5.74) is 9.22. The van der Waals surface area contributed by atoms with E-state index >= 15 is 0 Å². The molecule has 0 spiro atoms. The van der Waals surface area contributed by atoms with Crippen LogP contribution in [0.3, 0.4) is 0 Å². The first kappa shape index (κ1) is 21.6. The van der Waals surface area contributed by atoms with Crippen LogP contribution >= 0.6 is 24.8 Å². The van der Waals surface area contributed by atoms with E-state index in [1.807, 2.05) is 20.2 Å². The Bertz CT molecular complexity index is 674. The van der Waals surface area contributed by atoms with Gasteiger partial charge < -0.3 is 15.4 Å². The molecule has 25 heavy (non-hydrogen) atoms. The molecule has 0 aromatic carbocycles. The number of anilines is 1. The zero-order valence-electron chi connectivity index (χ0n) is 14.7. The Labute approximate surface area is 160 Å². The molecule has 3 rings (SSSR count). The molecule has 2 aromatic rings. The normalized spacial score (nSPS) is 18.7. The Balaban J connectivity index is 0.00000156. The molecule has 0 atom stereocenters. The van der Waals surface area contributed by atoms with E-state index < -0.39 is 0 Å². The molecule has 0 unspecified atom stereocenters. The summed E-state index contributed by atoms with van der Waals surface area (Å²) in [6.45, 7) is 3.18. The molecule has 3 N–H and O–H groups in total. The quantitative estimate of drug-likeness (QED) is 0.788. The van der Waals surface area contributed by atoms with Crippen LogP contribution in [0.1, 0.15) is 41.5 Å². The Morgan fingerprint density at radius 1 is 1.32 bits per heavy atom. The molecule has 1 saturated carbocycles. The standard InChI is InChI=1S/C16H24N6O.2ClH/c1-10-12(7-18-21-10)8-22(2)16-6-14(11-4-13(17)5-11)19-15(20-16)9-23-3;;/h6-7,11,13H,4-5,8-9,17H2,1-3H3,(H,18,21);2*1H. The number of nitrogens with zero attached hydrogens (tertiary/aromatic N) is 4. The minimum absolute atomic E-state index is 0. The molecule has 1 fully saturated rings. The summed E-state index contributed by atoms with van der Waals surface area (Å²) in [4.78, 5) is 11.4. The maximum absolute atomic E-state index is 5.92. The van der Waals surface area contributed by atoms with Crippen LogP contribution < -0.4 is 10.6 Å². The van der Waals surface area contributed by atoms with Gasteiger partial charge in [-0.3, -0.25) is 5.10 Å². The SMILES string of the molecule is COCc1nc(C2CC(N)C2)cc(N(C)Cc2cn[nH]c2C)n1.Cl.Cl. The van der Waals surface area contributed by atoms with E-state index in [-0.39, 0.29) is 24.8 Å². The largest absolute Gasteiger partial charge is 0.377 e. The smallest absolute Gasteiger partial charge is 0.156 e. The third-order valence-electron chi connectivity index (χ3n) is 4.38. The number of aryl methyl sites for hydroxylation is 1. The molecule has 7 nitrogen and oxygen atoms in total. The van der Waals surface area contributed by atoms with E-state index in [9.17, 15) is 0 Å². The maximum Gasteiger partial charge on any atom is 0.156 e. The summed E-state index contributed by atoms with van der Waals surface area (Å²) in [5.74, 6) is 2.06. The van der Waals surface area contributed by atoms with Gasteiger partial charge in [0, 0.05) is 55.7 Å². The van der Waals surface area contributed by atoms with Gasteiger partial charge in [-0.1, -0.05) is 0 Å². The minimum Gasteiger partial charge on any atom is -0.377 e. The van der Waals surface area contributed by atoms with Crippen LogP contribution in [0.15, 0.2) is 12.3 Å². The average Bonchev–Trinajstić information content (AvgIpc) is 2.89. The van der Waals surface area contributed by atoms with Gasteiger partial charge in [0.05, 0.1) is 6.20 Å². The predicted molar refractivity (Wildman–Crippen MR) is 103 cm³/mol. The lowest BCUT2D eigenvalue weighted by atomic mass is 9.78. The number of ether oxygens (including phenoxy) is 1. The number of aromatic nitrogens is 4. The molecule has 2 aromatic heterocycles. The second-order valence-electron chi connectivity index (χ2n) is 6.30. The number of rotatable bonds is 6. The topological polar surface area (TPSA) is 93.0 Å². The highest BCUT2D eigenvalue weighted by Crippen LogP contribution is 2.35. The lowest BCUT2D eigenvalue weighted by Crippen LogP contribution is -2.35. The van der Waals surface area contributed by atoms with Crippen molar-refractivity contribution in [2.45, 2.75) is 44.9 Å². The number of halogens is 2. The Morgan fingerprint density at radius 2 is 2.04 bits per heavy atom. The van der Waals surface area contributed by atoms with Crippen LogP contribution in [0.5, 0.6) is 0 Å². The Hall–Kier alpha value is -1.41. The van der Waals surface area contributed by atoms with E-state index in [2.05, 4.69) is 31.1 Å². The maximum atomic E-state index is 5.92. The molecule has 1 aliphatic rings. The van der Waals surface area contributed by atoms with Crippen LogP contribution in [0.4, 0.5) is 5.82 Å². The van der Waals surface area contributed by atoms with Gasteiger partial charge >= 0.3 is 0 Å². The second-order valence-corrected chi connectivity index (χ2v) is 6.30. The fourth-order valence-corrected chi connectivity index (χ4v) is 2.88. The summed E-state index contributed by atoms with van der Waals surface area (Å²) < 4.78 is 5.21. The molecule has 0 radical (unpaired) electrons. The van der Waals surface area contributed by atoms with Crippen molar-refractivity contribution in [3.63, 3.8) is 0 Å². The molecule has 2 heterocycles. The van der Waals surface area contributed by atoms with Crippen LogP contribution in [-0.4, -0.2) is 40.4 Å². The van der Waals surface area contributed by atoms with Crippen molar-refractivity contribution >= 4 is 30.6 Å². The Morgan fingerprint density at radius 3 is 2.60 bits per heavy atom. The third kappa shape index (κ3) is 5.04. The average molecular weight is 389 g/mol. The van der Waals surface area contributed by atoms with Gasteiger partial charge in [0.1, 0.15) is 12.4 Å². The zero-order valence-corrected chi connectivity index (χ0v) is 16.4. The number of nitrogens with one attached hydrogen (secondary N) is 1. The molecule has 1 aliphatic carbocycles. The van der Waals surface area contributed by atoms with Crippen molar-refractivity contribution in [1.82, 2.24) is 20.2 Å². The molecule has 9 heteroatoms. The molecule has 0 bridgehead atoms. The summed E-state index contributed by atoms with van der Waals surface area (Å²) in [5, 5.41) is 7.04. The number of H-pyrrole nitrogens is 1. The van der Waals surface area contributed by atoms with Gasteiger partial charge in [-0.25, -0.2) is 9.97 Å². The van der Waals surface area contributed by atoms with Crippen LogP contribution in [0.2, 0.25) is 0 Å². The lowest BCUT2D eigenvalue weighted by Gasteiger charge is -2.32. The van der Waals surface area contributed by atoms with Crippen LogP contribution in [-0.2, 0) is 17.9 Å². The van der Waals surface area contributed by atoms with Gasteiger partial charge in [0.15, 0.2) is 5.82 Å². The van der Waals surface area contributed by atoms with Crippen molar-refractivity contribution in [3.8, 4) is 0 Å². The lowest BCUT2D eigenvalue weighted by molar-refractivity contribution is 0.177. The van der Waals surface area contributed by atoms with E-state index in [1.165, 1.54) is 0 Å². The van der Waals surface area contributed by atoms with Crippen molar-refractivity contribution < 1.29 is 4.74 Å². The number of hydrogen-bond donors (Lipinski definition) is 2. The first-order valence-electron chi connectivity index (χ1n) is 7.89. The number of hydrogen-bond acceptors (Lipinski definition) is 6. The van der Waals surface area contributed by atoms with Gasteiger partial charge in [0.2, 0.25) is 0 Å². The third-order valence-corrected chi connectivity index (χ3v) is 4.38. The molecule has 0 amide bonds. The van der Waals surface area contributed by atoms with Crippen molar-refractivity contribution in [3.05, 3.63) is 35.0 Å². The summed E-state index contributed by atoms with van der Waals surface area (Å²) in [7, 11) is 3.69. The van der Waals surface area contributed by atoms with Gasteiger partial charge in [0.25, 0.3) is 0 Å². The molecule has 140 valence electrons. The summed E-state index contributed by atoms with van der Waals surface area (Å²) in [6.07, 6.45) is 3.84. The van der Waals surface area contributed by atoms with Crippen LogP contribution in [0.25, 0.3) is 0 Å². The summed E-state index contributed by atoms with van der Waals surface area (Å²) in [6, 6.07) is 2.38. The molecular weight excluding hydrogens is 363 g/mol. The number of nitrogens with two attached hydrogens (primary N) is 1. The van der Waals surface area contributed by atoms with Gasteiger partial charge in [-0.2, -0.15) is 5.10 Å². The Kier molecular flexibility index (Phi) is 8.08. The van der Waals surface area contributed by atoms with Gasteiger partial charge in [-0.15, -0.1) is 24.8 Å².